The van der Waals surface area contributed by atoms with Gasteiger partial charge in [0.15, 0.2) is 5.96 Å². The highest BCUT2D eigenvalue weighted by Gasteiger charge is 2.27. The molecule has 1 aromatic carbocycles. The molecule has 0 amide bonds. The predicted molar refractivity (Wildman–Crippen MR) is 121 cm³/mol. The molecule has 1 unspecified atom stereocenters. The first kappa shape index (κ1) is 27.9. The molecule has 0 aliphatic carbocycles. The minimum absolute atomic E-state index is 0. The zero-order chi connectivity index (χ0) is 21.0. The van der Waals surface area contributed by atoms with Crippen LogP contribution >= 0.6 is 24.0 Å². The molecule has 0 saturated heterocycles. The van der Waals surface area contributed by atoms with Gasteiger partial charge in [-0.3, -0.25) is 4.99 Å². The molecule has 29 heavy (non-hydrogen) atoms. The fraction of sp³-hybridized carbons (Fsp3) is 0.650. The molecule has 0 radical (unpaired) electrons. The van der Waals surface area contributed by atoms with Crippen LogP contribution in [0.25, 0.3) is 0 Å². The molecule has 2 N–H and O–H groups in total. The minimum atomic E-state index is -4.30. The van der Waals surface area contributed by atoms with Gasteiger partial charge in [0.1, 0.15) is 6.61 Å². The van der Waals surface area contributed by atoms with Crippen molar-refractivity contribution in [3.63, 3.8) is 0 Å². The number of hydrogen-bond donors (Lipinski definition) is 2. The zero-order valence-electron chi connectivity index (χ0n) is 17.5. The fourth-order valence-electron chi connectivity index (χ4n) is 2.60. The van der Waals surface area contributed by atoms with E-state index >= 15 is 0 Å². The van der Waals surface area contributed by atoms with Gasteiger partial charge in [-0.25, -0.2) is 0 Å². The van der Waals surface area contributed by atoms with E-state index in [9.17, 15) is 13.2 Å². The maximum Gasteiger partial charge on any atom is 0.411 e. The van der Waals surface area contributed by atoms with Gasteiger partial charge in [-0.05, 0) is 30.4 Å². The average molecular weight is 531 g/mol. The summed E-state index contributed by atoms with van der Waals surface area (Å²) in [7, 11) is 1.71. The number of aliphatic imine (C=N–C) groups is 1. The number of halogens is 4. The third-order valence-corrected chi connectivity index (χ3v) is 4.09. The van der Waals surface area contributed by atoms with Gasteiger partial charge in [-0.1, -0.05) is 38.1 Å². The lowest BCUT2D eigenvalue weighted by Crippen LogP contribution is -2.38. The summed E-state index contributed by atoms with van der Waals surface area (Å²) in [6.45, 7) is 6.99. The molecule has 0 spiro atoms. The van der Waals surface area contributed by atoms with Gasteiger partial charge >= 0.3 is 6.18 Å². The minimum Gasteiger partial charge on any atom is -0.378 e. The number of alkyl halides is 3. The Hall–Kier alpha value is -1.07. The third-order valence-electron chi connectivity index (χ3n) is 4.09. The lowest BCUT2D eigenvalue weighted by molar-refractivity contribution is -0.176. The Morgan fingerprint density at radius 1 is 1.10 bits per heavy atom. The van der Waals surface area contributed by atoms with Crippen LogP contribution in [-0.4, -0.2) is 45.0 Å². The van der Waals surface area contributed by atoms with Crippen molar-refractivity contribution in [1.29, 1.82) is 0 Å². The summed E-state index contributed by atoms with van der Waals surface area (Å²) in [5.41, 5.74) is 1.70. The molecule has 1 aromatic rings. The molecule has 168 valence electrons. The maximum absolute atomic E-state index is 12.1. The second kappa shape index (κ2) is 14.8. The van der Waals surface area contributed by atoms with Crippen molar-refractivity contribution >= 4 is 29.9 Å². The number of nitrogens with one attached hydrogen (secondary N) is 2. The Morgan fingerprint density at radius 2 is 1.72 bits per heavy atom. The van der Waals surface area contributed by atoms with Gasteiger partial charge in [0.25, 0.3) is 0 Å². The van der Waals surface area contributed by atoms with Crippen LogP contribution in [0.2, 0.25) is 0 Å². The van der Waals surface area contributed by atoms with E-state index in [-0.39, 0.29) is 36.7 Å². The molecule has 5 nitrogen and oxygen atoms in total. The number of guanidine groups is 1. The van der Waals surface area contributed by atoms with Gasteiger partial charge in [-0.2, -0.15) is 13.2 Å². The topological polar surface area (TPSA) is 54.9 Å². The van der Waals surface area contributed by atoms with E-state index in [1.54, 1.807) is 19.2 Å². The van der Waals surface area contributed by atoms with E-state index in [2.05, 4.69) is 34.2 Å². The summed E-state index contributed by atoms with van der Waals surface area (Å²) in [6.07, 6.45) is -3.20. The normalized spacial score (nSPS) is 13.2. The van der Waals surface area contributed by atoms with Crippen molar-refractivity contribution in [3.05, 3.63) is 35.4 Å². The van der Waals surface area contributed by atoms with Crippen LogP contribution in [0.1, 0.15) is 38.3 Å². The first-order valence-electron chi connectivity index (χ1n) is 9.53. The molecule has 0 fully saturated rings. The Morgan fingerprint density at radius 3 is 2.24 bits per heavy atom. The third kappa shape index (κ3) is 13.0. The maximum atomic E-state index is 12.1. The van der Waals surface area contributed by atoms with Crippen molar-refractivity contribution in [1.82, 2.24) is 10.6 Å². The van der Waals surface area contributed by atoms with Crippen LogP contribution in [0.3, 0.4) is 0 Å². The quantitative estimate of drug-likeness (QED) is 0.251. The molecule has 1 rings (SSSR count). The van der Waals surface area contributed by atoms with Crippen LogP contribution < -0.4 is 10.6 Å². The average Bonchev–Trinajstić information content (AvgIpc) is 2.63. The Bertz CT molecular complexity index is 581. The molecule has 0 aliphatic heterocycles. The highest BCUT2D eigenvalue weighted by Crippen LogP contribution is 2.16. The molecule has 1 atom stereocenters. The van der Waals surface area contributed by atoms with Crippen LogP contribution in [0.5, 0.6) is 0 Å². The Labute approximate surface area is 188 Å². The van der Waals surface area contributed by atoms with E-state index in [1.165, 1.54) is 0 Å². The standard InChI is InChI=1S/C20H32F3N3O2.HI/c1-5-28-18(15(2)3)10-11-25-19(24-4)26-12-16-6-8-17(9-7-16)13-27-14-20(21,22)23;/h6-9,15,18H,5,10-14H2,1-4H3,(H2,24,25,26);1H. The summed E-state index contributed by atoms with van der Waals surface area (Å²) in [5.74, 6) is 1.15. The summed E-state index contributed by atoms with van der Waals surface area (Å²) in [4.78, 5) is 4.20. The summed E-state index contributed by atoms with van der Waals surface area (Å²) in [5, 5.41) is 6.49. The highest BCUT2D eigenvalue weighted by molar-refractivity contribution is 14.0. The van der Waals surface area contributed by atoms with Crippen molar-refractivity contribution < 1.29 is 22.6 Å². The lowest BCUT2D eigenvalue weighted by Gasteiger charge is -2.21. The van der Waals surface area contributed by atoms with Crippen molar-refractivity contribution in [2.45, 2.75) is 52.6 Å². The van der Waals surface area contributed by atoms with Crippen molar-refractivity contribution in [2.24, 2.45) is 10.9 Å². The summed E-state index contributed by atoms with van der Waals surface area (Å²) < 4.78 is 46.6. The molecule has 0 saturated carbocycles. The molecule has 9 heteroatoms. The second-order valence-electron chi connectivity index (χ2n) is 6.80. The van der Waals surface area contributed by atoms with E-state index in [1.807, 2.05) is 19.1 Å². The van der Waals surface area contributed by atoms with Crippen LogP contribution in [-0.2, 0) is 22.6 Å². The van der Waals surface area contributed by atoms with Crippen LogP contribution in [0.15, 0.2) is 29.3 Å². The number of nitrogens with zero attached hydrogens (tertiary/aromatic N) is 1. The molecule has 0 aliphatic rings. The van der Waals surface area contributed by atoms with Gasteiger partial charge in [0.2, 0.25) is 0 Å². The second-order valence-corrected chi connectivity index (χ2v) is 6.80. The van der Waals surface area contributed by atoms with Crippen LogP contribution in [0.4, 0.5) is 13.2 Å². The van der Waals surface area contributed by atoms with E-state index in [4.69, 9.17) is 4.74 Å². The van der Waals surface area contributed by atoms with E-state index in [0.717, 1.165) is 18.5 Å². The largest absolute Gasteiger partial charge is 0.411 e. The smallest absolute Gasteiger partial charge is 0.378 e. The van der Waals surface area contributed by atoms with E-state index < -0.39 is 12.8 Å². The SMILES string of the molecule is CCOC(CCNC(=NC)NCc1ccc(COCC(F)(F)F)cc1)C(C)C.I. The first-order valence-corrected chi connectivity index (χ1v) is 9.53. The van der Waals surface area contributed by atoms with Crippen molar-refractivity contribution in [2.75, 3.05) is 26.8 Å². The summed E-state index contributed by atoms with van der Waals surface area (Å²) >= 11 is 0. The van der Waals surface area contributed by atoms with Crippen molar-refractivity contribution in [3.8, 4) is 0 Å². The molecular weight excluding hydrogens is 498 g/mol. The zero-order valence-corrected chi connectivity index (χ0v) is 19.8. The number of rotatable bonds is 11. The number of ether oxygens (including phenoxy) is 2. The Balaban J connectivity index is 0.00000784. The molecular formula is C20H33F3IN3O2. The molecule has 0 bridgehead atoms. The van der Waals surface area contributed by atoms with Gasteiger partial charge in [-0.15, -0.1) is 24.0 Å². The van der Waals surface area contributed by atoms with E-state index in [0.29, 0.717) is 30.6 Å². The molecule has 0 aromatic heterocycles. The predicted octanol–water partition coefficient (Wildman–Crippen LogP) is 4.50. The lowest BCUT2D eigenvalue weighted by atomic mass is 10.0. The Kier molecular flexibility index (Phi) is 14.3. The van der Waals surface area contributed by atoms with Gasteiger partial charge in [0.05, 0.1) is 12.7 Å². The monoisotopic (exact) mass is 531 g/mol. The number of hydrogen-bond acceptors (Lipinski definition) is 3. The van der Waals surface area contributed by atoms with Gasteiger partial charge in [0, 0.05) is 26.7 Å². The summed E-state index contributed by atoms with van der Waals surface area (Å²) in [6, 6.07) is 7.24. The first-order chi connectivity index (χ1) is 13.2. The fourth-order valence-corrected chi connectivity index (χ4v) is 2.60. The molecule has 0 heterocycles. The van der Waals surface area contributed by atoms with Crippen LogP contribution in [0, 0.1) is 5.92 Å². The number of benzene rings is 1. The van der Waals surface area contributed by atoms with Gasteiger partial charge < -0.3 is 20.1 Å². The highest BCUT2D eigenvalue weighted by atomic mass is 127.